The molecule has 6 nitrogen and oxygen atoms in total. The van der Waals surface area contributed by atoms with E-state index in [4.69, 9.17) is 21.1 Å². The summed E-state index contributed by atoms with van der Waals surface area (Å²) >= 11 is 8.73. The highest BCUT2D eigenvalue weighted by Crippen LogP contribution is 2.33. The molecule has 0 aliphatic carbocycles. The number of methoxy groups -OCH3 is 1. The Hall–Kier alpha value is -1.51. The van der Waals surface area contributed by atoms with Crippen molar-refractivity contribution >= 4 is 46.3 Å². The van der Waals surface area contributed by atoms with Crippen LogP contribution in [-0.2, 0) is 4.79 Å². The Kier molecular flexibility index (Phi) is 6.92. The van der Waals surface area contributed by atoms with Crippen molar-refractivity contribution in [2.45, 2.75) is 43.4 Å². The Labute approximate surface area is 160 Å². The van der Waals surface area contributed by atoms with Crippen LogP contribution < -0.4 is 14.8 Å². The summed E-state index contributed by atoms with van der Waals surface area (Å²) < 4.78 is 11.4. The molecule has 0 saturated heterocycles. The number of aryl methyl sites for hydroxylation is 1. The fourth-order valence-electron chi connectivity index (χ4n) is 1.86. The Morgan fingerprint density at radius 3 is 2.68 bits per heavy atom. The molecular weight excluding hydrogens is 382 g/mol. The van der Waals surface area contributed by atoms with Gasteiger partial charge in [0.1, 0.15) is 5.75 Å². The molecule has 1 aromatic heterocycles. The number of halogens is 1. The summed E-state index contributed by atoms with van der Waals surface area (Å²) in [5.41, 5.74) is 1.45. The van der Waals surface area contributed by atoms with E-state index >= 15 is 0 Å². The molecule has 1 aromatic carbocycles. The van der Waals surface area contributed by atoms with Crippen LogP contribution in [0.15, 0.2) is 16.5 Å². The lowest BCUT2D eigenvalue weighted by molar-refractivity contribution is -0.115. The molecule has 0 fully saturated rings. The lowest BCUT2D eigenvalue weighted by Crippen LogP contribution is -2.22. The molecule has 1 N–H and O–H groups in total. The molecule has 0 bridgehead atoms. The summed E-state index contributed by atoms with van der Waals surface area (Å²) in [6.07, 6.45) is 0.0344. The quantitative estimate of drug-likeness (QED) is 0.692. The molecule has 1 amide bonds. The second-order valence-electron chi connectivity index (χ2n) is 5.55. The van der Waals surface area contributed by atoms with Gasteiger partial charge in [-0.2, -0.15) is 0 Å². The van der Waals surface area contributed by atoms with E-state index in [9.17, 15) is 4.79 Å². The molecule has 1 heterocycles. The number of nitrogens with one attached hydrogen (secondary N) is 1. The number of rotatable bonds is 7. The van der Waals surface area contributed by atoms with Crippen LogP contribution in [0.2, 0.25) is 5.02 Å². The SMILES string of the molecule is COc1cc(Cl)c(C)cc1NC(=O)C(C)Sc1nnc(OC(C)C)s1. The number of aromatic nitrogens is 2. The molecule has 0 aliphatic heterocycles. The summed E-state index contributed by atoms with van der Waals surface area (Å²) in [5, 5.41) is 11.6. The number of ether oxygens (including phenoxy) is 2. The Bertz CT molecular complexity index is 752. The highest BCUT2D eigenvalue weighted by Gasteiger charge is 2.19. The van der Waals surface area contributed by atoms with Crippen molar-refractivity contribution in [1.29, 1.82) is 0 Å². The van der Waals surface area contributed by atoms with Crippen molar-refractivity contribution in [3.05, 3.63) is 22.7 Å². The first-order valence-electron chi connectivity index (χ1n) is 7.62. The Morgan fingerprint density at radius 1 is 1.32 bits per heavy atom. The fourth-order valence-corrected chi connectivity index (χ4v) is 3.97. The van der Waals surface area contributed by atoms with Crippen molar-refractivity contribution in [3.63, 3.8) is 0 Å². The topological polar surface area (TPSA) is 73.3 Å². The van der Waals surface area contributed by atoms with Crippen molar-refractivity contribution in [2.75, 3.05) is 12.4 Å². The zero-order valence-electron chi connectivity index (χ0n) is 14.6. The Balaban J connectivity index is 2.03. The third kappa shape index (κ3) is 5.49. The monoisotopic (exact) mass is 401 g/mol. The number of carbonyl (C=O) groups excluding carboxylic acids is 1. The minimum Gasteiger partial charge on any atom is -0.495 e. The minimum absolute atomic E-state index is 0.0344. The number of anilines is 1. The molecule has 2 aromatic rings. The number of benzene rings is 1. The molecule has 0 spiro atoms. The molecule has 0 radical (unpaired) electrons. The predicted molar refractivity (Wildman–Crippen MR) is 102 cm³/mol. The normalized spacial score (nSPS) is 12.1. The van der Waals surface area contributed by atoms with Gasteiger partial charge in [-0.15, -0.1) is 5.10 Å². The average Bonchev–Trinajstić information content (AvgIpc) is 2.96. The third-order valence-electron chi connectivity index (χ3n) is 3.11. The van der Waals surface area contributed by atoms with Crippen LogP contribution in [-0.4, -0.2) is 34.6 Å². The molecule has 25 heavy (non-hydrogen) atoms. The second-order valence-corrected chi connectivity index (χ2v) is 8.49. The number of nitrogens with zero attached hydrogens (tertiary/aromatic N) is 2. The minimum atomic E-state index is -0.361. The summed E-state index contributed by atoms with van der Waals surface area (Å²) in [6, 6.07) is 3.47. The Morgan fingerprint density at radius 2 is 2.04 bits per heavy atom. The van der Waals surface area contributed by atoms with E-state index in [0.717, 1.165) is 5.56 Å². The average molecular weight is 402 g/mol. The van der Waals surface area contributed by atoms with Crippen LogP contribution >= 0.6 is 34.7 Å². The summed E-state index contributed by atoms with van der Waals surface area (Å²) in [5.74, 6) is 0.358. The van der Waals surface area contributed by atoms with Crippen molar-refractivity contribution in [1.82, 2.24) is 10.2 Å². The van der Waals surface area contributed by atoms with E-state index in [2.05, 4.69) is 15.5 Å². The molecule has 1 unspecified atom stereocenters. The molecule has 0 aliphatic rings. The third-order valence-corrected chi connectivity index (χ3v) is 5.52. The van der Waals surface area contributed by atoms with E-state index in [1.807, 2.05) is 20.8 Å². The summed E-state index contributed by atoms with van der Waals surface area (Å²) in [7, 11) is 1.53. The number of carbonyl (C=O) groups is 1. The van der Waals surface area contributed by atoms with E-state index < -0.39 is 0 Å². The van der Waals surface area contributed by atoms with Crippen molar-refractivity contribution < 1.29 is 14.3 Å². The molecular formula is C16H20ClN3O3S2. The molecule has 9 heteroatoms. The van der Waals surface area contributed by atoms with Crippen molar-refractivity contribution in [3.8, 4) is 10.9 Å². The summed E-state index contributed by atoms with van der Waals surface area (Å²) in [6.45, 7) is 7.52. The van der Waals surface area contributed by atoms with Crippen LogP contribution in [0.5, 0.6) is 10.9 Å². The zero-order valence-corrected chi connectivity index (χ0v) is 17.0. The number of amides is 1. The van der Waals surface area contributed by atoms with Gasteiger partial charge in [0, 0.05) is 11.1 Å². The van der Waals surface area contributed by atoms with Gasteiger partial charge in [-0.05, 0) is 50.7 Å². The van der Waals surface area contributed by atoms with Gasteiger partial charge < -0.3 is 14.8 Å². The smallest absolute Gasteiger partial charge is 0.295 e. The molecule has 0 saturated carbocycles. The van der Waals surface area contributed by atoms with Crippen LogP contribution in [0.4, 0.5) is 5.69 Å². The van der Waals surface area contributed by atoms with Crippen LogP contribution in [0.3, 0.4) is 0 Å². The predicted octanol–water partition coefficient (Wildman–Crippen LogP) is 4.42. The van der Waals surface area contributed by atoms with Gasteiger partial charge >= 0.3 is 0 Å². The van der Waals surface area contributed by atoms with E-state index in [1.165, 1.54) is 30.2 Å². The highest BCUT2D eigenvalue weighted by molar-refractivity contribution is 8.02. The van der Waals surface area contributed by atoms with Gasteiger partial charge in [0.15, 0.2) is 4.34 Å². The van der Waals surface area contributed by atoms with Gasteiger partial charge in [0.05, 0.1) is 24.2 Å². The standard InChI is InChI=1S/C16H20ClN3O3S2/c1-8(2)23-15-19-20-16(25-15)24-10(4)14(21)18-12-6-9(3)11(17)7-13(12)22-5/h6-8,10H,1-5H3,(H,18,21). The van der Waals surface area contributed by atoms with Crippen LogP contribution in [0.1, 0.15) is 26.3 Å². The van der Waals surface area contributed by atoms with Gasteiger partial charge in [-0.1, -0.05) is 28.5 Å². The van der Waals surface area contributed by atoms with Crippen molar-refractivity contribution in [2.24, 2.45) is 0 Å². The molecule has 136 valence electrons. The maximum absolute atomic E-state index is 12.5. The van der Waals surface area contributed by atoms with Gasteiger partial charge in [-0.3, -0.25) is 4.79 Å². The maximum Gasteiger partial charge on any atom is 0.295 e. The van der Waals surface area contributed by atoms with E-state index in [0.29, 0.717) is 26.0 Å². The largest absolute Gasteiger partial charge is 0.495 e. The maximum atomic E-state index is 12.5. The second kappa shape index (κ2) is 8.73. The number of hydrogen-bond acceptors (Lipinski definition) is 7. The van der Waals surface area contributed by atoms with E-state index in [-0.39, 0.29) is 17.3 Å². The lowest BCUT2D eigenvalue weighted by atomic mass is 10.2. The number of hydrogen-bond donors (Lipinski definition) is 1. The first kappa shape index (κ1) is 19.8. The fraction of sp³-hybridized carbons (Fsp3) is 0.438. The van der Waals surface area contributed by atoms with Gasteiger partial charge in [0.2, 0.25) is 5.91 Å². The molecule has 2 rings (SSSR count). The zero-order chi connectivity index (χ0) is 18.6. The number of thioether (sulfide) groups is 1. The lowest BCUT2D eigenvalue weighted by Gasteiger charge is -2.14. The first-order chi connectivity index (χ1) is 11.8. The highest BCUT2D eigenvalue weighted by atomic mass is 35.5. The van der Waals surface area contributed by atoms with E-state index in [1.54, 1.807) is 19.1 Å². The van der Waals surface area contributed by atoms with Gasteiger partial charge in [0.25, 0.3) is 5.19 Å². The molecule has 1 atom stereocenters. The van der Waals surface area contributed by atoms with Crippen LogP contribution in [0, 0.1) is 6.92 Å². The summed E-state index contributed by atoms with van der Waals surface area (Å²) in [4.78, 5) is 12.5. The van der Waals surface area contributed by atoms with Crippen LogP contribution in [0.25, 0.3) is 0 Å². The van der Waals surface area contributed by atoms with Gasteiger partial charge in [-0.25, -0.2) is 0 Å². The first-order valence-corrected chi connectivity index (χ1v) is 9.69.